The van der Waals surface area contributed by atoms with Crippen LogP contribution >= 0.6 is 0 Å². The van der Waals surface area contributed by atoms with Crippen LogP contribution in [0.1, 0.15) is 17.3 Å². The molecule has 0 aromatic heterocycles. The van der Waals surface area contributed by atoms with E-state index in [0.717, 1.165) is 0 Å². The summed E-state index contributed by atoms with van der Waals surface area (Å²) >= 11 is 0. The molecule has 0 saturated heterocycles. The van der Waals surface area contributed by atoms with Gasteiger partial charge in [-0.3, -0.25) is 9.52 Å². The van der Waals surface area contributed by atoms with E-state index in [4.69, 9.17) is 5.53 Å². The lowest BCUT2D eigenvalue weighted by atomic mass is 10.1. The third-order valence-electron chi connectivity index (χ3n) is 2.85. The zero-order valence-corrected chi connectivity index (χ0v) is 12.4. The van der Waals surface area contributed by atoms with Crippen LogP contribution in [-0.4, -0.2) is 14.2 Å². The first kappa shape index (κ1) is 15.6. The molecule has 2 aromatic rings. The zero-order chi connectivity index (χ0) is 16.2. The topological polar surface area (TPSA) is 112 Å². The molecule has 0 unspecified atom stereocenters. The molecule has 2 aromatic carbocycles. The molecule has 0 fully saturated rings. The Morgan fingerprint density at radius 2 is 1.68 bits per heavy atom. The molecule has 8 heteroatoms. The highest BCUT2D eigenvalue weighted by Gasteiger charge is 2.14. The highest BCUT2D eigenvalue weighted by atomic mass is 32.2. The van der Waals surface area contributed by atoms with Gasteiger partial charge in [-0.25, -0.2) is 8.42 Å². The maximum absolute atomic E-state index is 12.2. The van der Waals surface area contributed by atoms with E-state index in [-0.39, 0.29) is 10.7 Å². The van der Waals surface area contributed by atoms with Crippen molar-refractivity contribution in [3.8, 4) is 0 Å². The van der Waals surface area contributed by atoms with Gasteiger partial charge in [-0.05, 0) is 48.9 Å². The van der Waals surface area contributed by atoms with Crippen molar-refractivity contribution in [2.75, 3.05) is 4.72 Å². The van der Waals surface area contributed by atoms with Gasteiger partial charge in [0.2, 0.25) is 0 Å². The largest absolute Gasteiger partial charge is 0.295 e. The molecule has 2 rings (SSSR count). The Bertz CT molecular complexity index is 837. The first-order valence-electron chi connectivity index (χ1n) is 6.21. The smallest absolute Gasteiger partial charge is 0.261 e. The van der Waals surface area contributed by atoms with Crippen LogP contribution in [0.4, 0.5) is 11.4 Å². The summed E-state index contributed by atoms with van der Waals surface area (Å²) in [5.74, 6) is -0.0944. The summed E-state index contributed by atoms with van der Waals surface area (Å²) in [7, 11) is -3.75. The second-order valence-electron chi connectivity index (χ2n) is 4.42. The van der Waals surface area contributed by atoms with E-state index in [9.17, 15) is 13.2 Å². The van der Waals surface area contributed by atoms with Gasteiger partial charge >= 0.3 is 0 Å². The van der Waals surface area contributed by atoms with Crippen LogP contribution in [-0.2, 0) is 10.0 Å². The van der Waals surface area contributed by atoms with Gasteiger partial charge in [-0.2, -0.15) is 0 Å². The maximum atomic E-state index is 12.2. The Morgan fingerprint density at radius 1 is 1.09 bits per heavy atom. The predicted molar refractivity (Wildman–Crippen MR) is 82.5 cm³/mol. The normalized spacial score (nSPS) is 10.6. The van der Waals surface area contributed by atoms with Gasteiger partial charge in [0, 0.05) is 21.8 Å². The number of hydrogen-bond acceptors (Lipinski definition) is 4. The Kier molecular flexibility index (Phi) is 4.45. The maximum Gasteiger partial charge on any atom is 0.261 e. The molecule has 1 N–H and O–H groups in total. The standard InChI is InChI=1S/C14H12N4O3S/c1-10(19)11-2-4-13(5-3-11)17-22(20,21)14-8-6-12(7-9-14)16-18-15/h2-9,17H,1H3. The molecule has 7 nitrogen and oxygen atoms in total. The molecule has 0 atom stereocenters. The number of hydrogen-bond donors (Lipinski definition) is 1. The van der Waals surface area contributed by atoms with Gasteiger partial charge in [-0.15, -0.1) is 0 Å². The average Bonchev–Trinajstić information content (AvgIpc) is 2.48. The Hall–Kier alpha value is -2.83. The SMILES string of the molecule is CC(=O)c1ccc(NS(=O)(=O)c2ccc(N=[N+]=[N-])cc2)cc1. The van der Waals surface area contributed by atoms with Crippen LogP contribution in [0.25, 0.3) is 10.4 Å². The minimum absolute atomic E-state index is 0.0417. The predicted octanol–water partition coefficient (Wildman–Crippen LogP) is 3.63. The number of nitrogens with one attached hydrogen (secondary N) is 1. The van der Waals surface area contributed by atoms with E-state index < -0.39 is 10.0 Å². The van der Waals surface area contributed by atoms with Crippen molar-refractivity contribution in [2.45, 2.75) is 11.8 Å². The second-order valence-corrected chi connectivity index (χ2v) is 6.10. The lowest BCUT2D eigenvalue weighted by Gasteiger charge is -2.08. The highest BCUT2D eigenvalue weighted by molar-refractivity contribution is 7.92. The minimum Gasteiger partial charge on any atom is -0.295 e. The van der Waals surface area contributed by atoms with Crippen molar-refractivity contribution in [1.29, 1.82) is 0 Å². The van der Waals surface area contributed by atoms with Crippen LogP contribution in [0, 0.1) is 0 Å². The lowest BCUT2D eigenvalue weighted by Crippen LogP contribution is -2.12. The van der Waals surface area contributed by atoms with Gasteiger partial charge < -0.3 is 0 Å². The summed E-state index contributed by atoms with van der Waals surface area (Å²) < 4.78 is 26.8. The molecule has 0 aliphatic carbocycles. The van der Waals surface area contributed by atoms with E-state index >= 15 is 0 Å². The molecule has 0 saturated carbocycles. The quantitative estimate of drug-likeness (QED) is 0.393. The van der Waals surface area contributed by atoms with Crippen LogP contribution in [0.15, 0.2) is 58.5 Å². The van der Waals surface area contributed by atoms with Gasteiger partial charge in [0.05, 0.1) is 4.90 Å². The molecular weight excluding hydrogens is 304 g/mol. The number of carbonyl (C=O) groups is 1. The van der Waals surface area contributed by atoms with Crippen molar-refractivity contribution in [1.82, 2.24) is 0 Å². The van der Waals surface area contributed by atoms with Gasteiger partial charge in [0.1, 0.15) is 0 Å². The number of Topliss-reactive ketones (excluding diaryl/α,β-unsaturated/α-hetero) is 1. The van der Waals surface area contributed by atoms with Crippen molar-refractivity contribution < 1.29 is 13.2 Å². The summed E-state index contributed by atoms with van der Waals surface area (Å²) in [6.45, 7) is 1.43. The fourth-order valence-corrected chi connectivity index (χ4v) is 2.79. The number of sulfonamides is 1. The van der Waals surface area contributed by atoms with Crippen molar-refractivity contribution >= 4 is 27.2 Å². The molecule has 0 radical (unpaired) electrons. The second kappa shape index (κ2) is 6.30. The zero-order valence-electron chi connectivity index (χ0n) is 11.6. The number of anilines is 1. The van der Waals surface area contributed by atoms with E-state index in [1.165, 1.54) is 43.3 Å². The molecule has 112 valence electrons. The third kappa shape index (κ3) is 3.63. The molecule has 0 heterocycles. The van der Waals surface area contributed by atoms with Gasteiger partial charge in [0.25, 0.3) is 10.0 Å². The molecule has 22 heavy (non-hydrogen) atoms. The number of nitrogens with zero attached hydrogens (tertiary/aromatic N) is 3. The monoisotopic (exact) mass is 316 g/mol. The first-order chi connectivity index (χ1) is 10.4. The number of rotatable bonds is 5. The average molecular weight is 316 g/mol. The summed E-state index contributed by atoms with van der Waals surface area (Å²) in [5.41, 5.74) is 9.49. The van der Waals surface area contributed by atoms with E-state index in [0.29, 0.717) is 16.9 Å². The van der Waals surface area contributed by atoms with E-state index in [1.54, 1.807) is 12.1 Å². The summed E-state index contributed by atoms with van der Waals surface area (Å²) in [4.78, 5) is 13.8. The fraction of sp³-hybridized carbons (Fsp3) is 0.0714. The molecule has 0 aliphatic heterocycles. The van der Waals surface area contributed by atoms with Crippen LogP contribution in [0.2, 0.25) is 0 Å². The van der Waals surface area contributed by atoms with Gasteiger partial charge in [0.15, 0.2) is 5.78 Å². The molecule has 0 spiro atoms. The summed E-state index contributed by atoms with van der Waals surface area (Å²) in [6, 6.07) is 11.6. The number of azide groups is 1. The van der Waals surface area contributed by atoms with E-state index in [2.05, 4.69) is 14.7 Å². The lowest BCUT2D eigenvalue weighted by molar-refractivity contribution is 0.101. The van der Waals surface area contributed by atoms with Crippen molar-refractivity contribution in [3.05, 3.63) is 64.5 Å². The summed E-state index contributed by atoms with van der Waals surface area (Å²) in [5, 5.41) is 3.37. The number of ketones is 1. The van der Waals surface area contributed by atoms with Crippen molar-refractivity contribution in [3.63, 3.8) is 0 Å². The van der Waals surface area contributed by atoms with Gasteiger partial charge in [-0.1, -0.05) is 17.2 Å². The number of carbonyl (C=O) groups excluding carboxylic acids is 1. The van der Waals surface area contributed by atoms with Crippen LogP contribution in [0.5, 0.6) is 0 Å². The van der Waals surface area contributed by atoms with E-state index in [1.807, 2.05) is 0 Å². The molecular formula is C14H12N4O3S. The molecule has 0 aliphatic rings. The summed E-state index contributed by atoms with van der Waals surface area (Å²) in [6.07, 6.45) is 0. The Morgan fingerprint density at radius 3 is 2.18 bits per heavy atom. The van der Waals surface area contributed by atoms with Crippen molar-refractivity contribution in [2.24, 2.45) is 5.11 Å². The first-order valence-corrected chi connectivity index (χ1v) is 7.70. The third-order valence-corrected chi connectivity index (χ3v) is 4.25. The Labute approximate surface area is 127 Å². The minimum atomic E-state index is -3.75. The Balaban J connectivity index is 2.23. The highest BCUT2D eigenvalue weighted by Crippen LogP contribution is 2.20. The van der Waals surface area contributed by atoms with Crippen LogP contribution < -0.4 is 4.72 Å². The number of benzene rings is 2. The van der Waals surface area contributed by atoms with Crippen LogP contribution in [0.3, 0.4) is 0 Å². The fourth-order valence-electron chi connectivity index (χ4n) is 1.73. The molecule has 0 bridgehead atoms. The molecule has 0 amide bonds.